The Morgan fingerprint density at radius 3 is 2.48 bits per heavy atom. The lowest BCUT2D eigenvalue weighted by Gasteiger charge is -2.09. The van der Waals surface area contributed by atoms with Gasteiger partial charge in [0.25, 0.3) is 5.91 Å². The third-order valence-electron chi connectivity index (χ3n) is 5.02. The fourth-order valence-electron chi connectivity index (χ4n) is 3.36. The highest BCUT2D eigenvalue weighted by Crippen LogP contribution is 2.21. The minimum atomic E-state index is -0.228. The Bertz CT molecular complexity index is 1380. The summed E-state index contributed by atoms with van der Waals surface area (Å²) in [7, 11) is 1.76. The smallest absolute Gasteiger partial charge is 0.273 e. The highest BCUT2D eigenvalue weighted by atomic mass is 16.2. The number of rotatable bonds is 6. The summed E-state index contributed by atoms with van der Waals surface area (Å²) < 4.78 is 3.38. The summed E-state index contributed by atoms with van der Waals surface area (Å²) in [4.78, 5) is 25.3. The van der Waals surface area contributed by atoms with Crippen LogP contribution >= 0.6 is 0 Å². The van der Waals surface area contributed by atoms with Gasteiger partial charge in [-0.25, -0.2) is 15.0 Å². The van der Waals surface area contributed by atoms with Gasteiger partial charge in [0, 0.05) is 42.4 Å². The van der Waals surface area contributed by atoms with Gasteiger partial charge in [0.2, 0.25) is 0 Å². The zero-order valence-electron chi connectivity index (χ0n) is 17.8. The van der Waals surface area contributed by atoms with Gasteiger partial charge in [0.15, 0.2) is 0 Å². The number of aromatic nitrogens is 6. The number of anilines is 3. The minimum Gasteiger partial charge on any atom is -0.340 e. The molecule has 9 heteroatoms. The van der Waals surface area contributed by atoms with Crippen molar-refractivity contribution in [1.82, 2.24) is 29.3 Å². The second kappa shape index (κ2) is 8.75. The Balaban J connectivity index is 1.27. The van der Waals surface area contributed by atoms with E-state index in [1.54, 1.807) is 34.9 Å². The zero-order valence-corrected chi connectivity index (χ0v) is 17.8. The molecule has 2 N–H and O–H groups in total. The molecule has 0 saturated heterocycles. The second-order valence-corrected chi connectivity index (χ2v) is 7.29. The lowest BCUT2D eigenvalue weighted by Crippen LogP contribution is -2.15. The summed E-state index contributed by atoms with van der Waals surface area (Å²) in [5.41, 5.74) is 3.69. The van der Waals surface area contributed by atoms with Crippen LogP contribution in [-0.2, 0) is 7.05 Å². The average Bonchev–Trinajstić information content (AvgIpc) is 3.51. The molecular weight excluding hydrogens is 416 g/mol. The summed E-state index contributed by atoms with van der Waals surface area (Å²) in [5, 5.41) is 10.6. The van der Waals surface area contributed by atoms with E-state index in [4.69, 9.17) is 0 Å². The van der Waals surface area contributed by atoms with Gasteiger partial charge in [-0.1, -0.05) is 30.3 Å². The van der Waals surface area contributed by atoms with Crippen molar-refractivity contribution in [2.45, 2.75) is 0 Å². The first kappa shape index (κ1) is 20.1. The van der Waals surface area contributed by atoms with E-state index in [2.05, 4.69) is 30.7 Å². The summed E-state index contributed by atoms with van der Waals surface area (Å²) in [6, 6.07) is 20.8. The molecule has 5 rings (SSSR count). The van der Waals surface area contributed by atoms with Gasteiger partial charge in [-0.15, -0.1) is 0 Å². The molecule has 9 nitrogen and oxygen atoms in total. The number of imidazole rings is 1. The van der Waals surface area contributed by atoms with Crippen molar-refractivity contribution < 1.29 is 4.79 Å². The van der Waals surface area contributed by atoms with E-state index in [-0.39, 0.29) is 5.91 Å². The van der Waals surface area contributed by atoms with E-state index in [0.717, 1.165) is 16.9 Å². The molecule has 0 aliphatic rings. The molecule has 162 valence electrons. The highest BCUT2D eigenvalue weighted by molar-refractivity contribution is 6.03. The number of carbonyl (C=O) groups is 1. The van der Waals surface area contributed by atoms with Gasteiger partial charge < -0.3 is 10.6 Å². The van der Waals surface area contributed by atoms with Crippen LogP contribution in [0.25, 0.3) is 17.1 Å². The fourth-order valence-corrected chi connectivity index (χ4v) is 3.36. The van der Waals surface area contributed by atoms with Crippen LogP contribution in [0.15, 0.2) is 91.8 Å². The Kier molecular flexibility index (Phi) is 5.34. The van der Waals surface area contributed by atoms with Gasteiger partial charge in [-0.2, -0.15) is 5.10 Å². The SMILES string of the molecule is Cn1nc(-c2ccccc2)cc1C(=O)Nc1ccc(Nc2cc(-n3ccnc3)ncn2)cc1. The highest BCUT2D eigenvalue weighted by Gasteiger charge is 2.14. The summed E-state index contributed by atoms with van der Waals surface area (Å²) in [6.45, 7) is 0. The number of benzene rings is 2. The number of nitrogens with one attached hydrogen (secondary N) is 2. The number of nitrogens with zero attached hydrogens (tertiary/aromatic N) is 6. The van der Waals surface area contributed by atoms with Crippen molar-refractivity contribution >= 4 is 23.1 Å². The molecule has 3 aromatic heterocycles. The maximum absolute atomic E-state index is 12.8. The number of amides is 1. The Labute approximate surface area is 189 Å². The maximum atomic E-state index is 12.8. The topological polar surface area (TPSA) is 103 Å². The van der Waals surface area contributed by atoms with E-state index >= 15 is 0 Å². The van der Waals surface area contributed by atoms with Gasteiger partial charge >= 0.3 is 0 Å². The zero-order chi connectivity index (χ0) is 22.6. The first-order valence-electron chi connectivity index (χ1n) is 10.2. The van der Waals surface area contributed by atoms with Crippen LogP contribution in [0, 0.1) is 0 Å². The van der Waals surface area contributed by atoms with Gasteiger partial charge in [-0.05, 0) is 30.3 Å². The Hall–Kier alpha value is -4.79. The van der Waals surface area contributed by atoms with E-state index in [0.29, 0.717) is 23.0 Å². The normalized spacial score (nSPS) is 10.7. The van der Waals surface area contributed by atoms with E-state index in [1.165, 1.54) is 6.33 Å². The van der Waals surface area contributed by atoms with Crippen LogP contribution in [0.3, 0.4) is 0 Å². The van der Waals surface area contributed by atoms with Crippen LogP contribution in [-0.4, -0.2) is 35.2 Å². The molecule has 3 heterocycles. The molecule has 0 aliphatic heterocycles. The second-order valence-electron chi connectivity index (χ2n) is 7.29. The molecule has 0 fully saturated rings. The Morgan fingerprint density at radius 2 is 1.73 bits per heavy atom. The third-order valence-corrected chi connectivity index (χ3v) is 5.02. The third kappa shape index (κ3) is 4.47. The van der Waals surface area contributed by atoms with Crippen molar-refractivity contribution in [1.29, 1.82) is 0 Å². The van der Waals surface area contributed by atoms with Gasteiger partial charge in [-0.3, -0.25) is 14.0 Å². The van der Waals surface area contributed by atoms with Crippen LogP contribution in [0.2, 0.25) is 0 Å². The number of hydrogen-bond donors (Lipinski definition) is 2. The van der Waals surface area contributed by atoms with Crippen molar-refractivity contribution in [3.8, 4) is 17.1 Å². The average molecular weight is 436 g/mol. The van der Waals surface area contributed by atoms with E-state index < -0.39 is 0 Å². The lowest BCUT2D eigenvalue weighted by atomic mass is 10.1. The molecule has 0 bridgehead atoms. The van der Waals surface area contributed by atoms with Crippen molar-refractivity contribution in [3.05, 3.63) is 97.5 Å². The summed E-state index contributed by atoms with van der Waals surface area (Å²) in [5.74, 6) is 1.13. The van der Waals surface area contributed by atoms with Crippen LogP contribution in [0.5, 0.6) is 0 Å². The monoisotopic (exact) mass is 436 g/mol. The summed E-state index contributed by atoms with van der Waals surface area (Å²) in [6.07, 6.45) is 6.67. The van der Waals surface area contributed by atoms with Crippen LogP contribution in [0.1, 0.15) is 10.5 Å². The van der Waals surface area contributed by atoms with Crippen molar-refractivity contribution in [3.63, 3.8) is 0 Å². The molecule has 5 aromatic rings. The molecule has 2 aromatic carbocycles. The van der Waals surface area contributed by atoms with E-state index in [9.17, 15) is 4.79 Å². The molecule has 0 unspecified atom stereocenters. The first-order valence-corrected chi connectivity index (χ1v) is 10.2. The van der Waals surface area contributed by atoms with Crippen LogP contribution in [0.4, 0.5) is 17.2 Å². The molecule has 1 amide bonds. The first-order chi connectivity index (χ1) is 16.2. The summed E-state index contributed by atoms with van der Waals surface area (Å²) >= 11 is 0. The number of carbonyl (C=O) groups excluding carboxylic acids is 1. The number of aryl methyl sites for hydroxylation is 1. The minimum absolute atomic E-state index is 0.228. The molecule has 0 radical (unpaired) electrons. The fraction of sp³-hybridized carbons (Fsp3) is 0.0417. The number of hydrogen-bond acceptors (Lipinski definition) is 6. The predicted octanol–water partition coefficient (Wildman–Crippen LogP) is 4.06. The predicted molar refractivity (Wildman–Crippen MR) is 125 cm³/mol. The van der Waals surface area contributed by atoms with Crippen molar-refractivity contribution in [2.24, 2.45) is 7.05 Å². The van der Waals surface area contributed by atoms with Crippen LogP contribution < -0.4 is 10.6 Å². The molecular formula is C24H20N8O. The molecule has 0 atom stereocenters. The molecule has 0 aliphatic carbocycles. The molecule has 0 spiro atoms. The lowest BCUT2D eigenvalue weighted by molar-refractivity contribution is 0.101. The van der Waals surface area contributed by atoms with Gasteiger partial charge in [0.1, 0.15) is 30.0 Å². The Morgan fingerprint density at radius 1 is 0.939 bits per heavy atom. The maximum Gasteiger partial charge on any atom is 0.273 e. The van der Waals surface area contributed by atoms with Gasteiger partial charge in [0.05, 0.1) is 5.69 Å². The quantitative estimate of drug-likeness (QED) is 0.416. The van der Waals surface area contributed by atoms with Crippen molar-refractivity contribution in [2.75, 3.05) is 10.6 Å². The molecule has 0 saturated carbocycles. The van der Waals surface area contributed by atoms with E-state index in [1.807, 2.05) is 66.9 Å². The molecule has 33 heavy (non-hydrogen) atoms. The standard InChI is InChI=1S/C24H20N8O/c1-31-21(13-20(30-31)17-5-3-2-4-6-17)24(33)29-19-9-7-18(8-10-19)28-22-14-23(27-15-26-22)32-12-11-25-16-32/h2-16H,1H3,(H,29,33)(H,26,27,28). The largest absolute Gasteiger partial charge is 0.340 e.